The van der Waals surface area contributed by atoms with Crippen LogP contribution in [-0.2, 0) is 19.8 Å². The van der Waals surface area contributed by atoms with Gasteiger partial charge in [0.05, 0.1) is 0 Å². The van der Waals surface area contributed by atoms with Crippen LogP contribution >= 0.6 is 0 Å². The second-order valence-corrected chi connectivity index (χ2v) is 12.0. The van der Waals surface area contributed by atoms with Crippen LogP contribution in [0.15, 0.2) is 103 Å². The van der Waals surface area contributed by atoms with Crippen molar-refractivity contribution < 1.29 is 9.47 Å². The molecule has 0 aliphatic carbocycles. The van der Waals surface area contributed by atoms with E-state index in [2.05, 4.69) is 118 Å². The van der Waals surface area contributed by atoms with E-state index in [0.29, 0.717) is 13.2 Å². The number of nitrogens with zero attached hydrogens (tertiary/aromatic N) is 1. The van der Waals surface area contributed by atoms with Crippen LogP contribution < -0.4 is 25.4 Å². The summed E-state index contributed by atoms with van der Waals surface area (Å²) in [7, 11) is 0. The van der Waals surface area contributed by atoms with Crippen LogP contribution in [0.2, 0.25) is 0 Å². The fourth-order valence-electron chi connectivity index (χ4n) is 5.96. The lowest BCUT2D eigenvalue weighted by Gasteiger charge is -2.24. The molecule has 0 amide bonds. The Kier molecular flexibility index (Phi) is 11.3. The monoisotopic (exact) mass is 602 g/mol. The average molecular weight is 603 g/mol. The zero-order valence-corrected chi connectivity index (χ0v) is 26.3. The summed E-state index contributed by atoms with van der Waals surface area (Å²) in [4.78, 5) is 2.55. The molecule has 1 aliphatic rings. The van der Waals surface area contributed by atoms with Crippen molar-refractivity contribution >= 4 is 21.5 Å². The van der Waals surface area contributed by atoms with E-state index in [-0.39, 0.29) is 0 Å². The van der Waals surface area contributed by atoms with Crippen LogP contribution in [0.3, 0.4) is 0 Å². The number of hydrogen-bond acceptors (Lipinski definition) is 6. The Morgan fingerprint density at radius 2 is 1.00 bits per heavy atom. The van der Waals surface area contributed by atoms with Crippen molar-refractivity contribution in [2.24, 2.45) is 0 Å². The van der Waals surface area contributed by atoms with Gasteiger partial charge in [-0.05, 0) is 102 Å². The third-order valence-electron chi connectivity index (χ3n) is 8.40. The molecule has 0 unspecified atom stereocenters. The second-order valence-electron chi connectivity index (χ2n) is 12.0. The molecular formula is C39H46N4O2. The third-order valence-corrected chi connectivity index (χ3v) is 8.40. The standard InChI is InChI=1S/C39H46N4O2/c1-3-9-36-23-31(11-13-34(36)7-1)29-44-38-25-33(28-43-21-6-17-41-19-18-40-15-5-16-42-20-22-43)26-39(27-38)45-30-32-12-14-35-8-2-4-10-37(35)24-32/h1-4,7-14,23-27,40-42H,5-6,15-22,28-30H2. The van der Waals surface area contributed by atoms with Crippen molar-refractivity contribution in [3.8, 4) is 11.5 Å². The largest absolute Gasteiger partial charge is 0.489 e. The van der Waals surface area contributed by atoms with Crippen molar-refractivity contribution in [3.05, 3.63) is 120 Å². The van der Waals surface area contributed by atoms with E-state index in [4.69, 9.17) is 9.47 Å². The molecule has 1 aliphatic heterocycles. The van der Waals surface area contributed by atoms with Gasteiger partial charge in [-0.3, -0.25) is 4.90 Å². The van der Waals surface area contributed by atoms with Crippen molar-refractivity contribution in [2.75, 3.05) is 52.4 Å². The van der Waals surface area contributed by atoms with Gasteiger partial charge >= 0.3 is 0 Å². The molecule has 1 saturated heterocycles. The Hall–Kier alpha value is -3.94. The maximum absolute atomic E-state index is 6.43. The first kappa shape index (κ1) is 31.1. The Labute approximate surface area is 267 Å². The topological polar surface area (TPSA) is 57.8 Å². The predicted molar refractivity (Wildman–Crippen MR) is 186 cm³/mol. The SMILES string of the molecule is c1ccc2cc(COc3cc(CN4CCCNCCNCCCNCC4)cc(OCc4ccc5ccccc5c4)c3)ccc2c1. The van der Waals surface area contributed by atoms with Gasteiger partial charge < -0.3 is 25.4 Å². The highest BCUT2D eigenvalue weighted by molar-refractivity contribution is 5.83. The molecule has 234 valence electrons. The first-order chi connectivity index (χ1) is 22.3. The second kappa shape index (κ2) is 16.4. The molecule has 0 saturated carbocycles. The first-order valence-corrected chi connectivity index (χ1v) is 16.5. The molecule has 6 nitrogen and oxygen atoms in total. The summed E-state index contributed by atoms with van der Waals surface area (Å²) in [5.74, 6) is 1.67. The predicted octanol–water partition coefficient (Wildman–Crippen LogP) is 6.52. The normalized spacial score (nSPS) is 15.9. The Bertz CT molecular complexity index is 1540. The molecule has 1 fully saturated rings. The highest BCUT2D eigenvalue weighted by Crippen LogP contribution is 2.27. The highest BCUT2D eigenvalue weighted by Gasteiger charge is 2.11. The van der Waals surface area contributed by atoms with Gasteiger partial charge in [-0.1, -0.05) is 72.8 Å². The minimum atomic E-state index is 0.507. The van der Waals surface area contributed by atoms with Gasteiger partial charge in [-0.25, -0.2) is 0 Å². The zero-order valence-electron chi connectivity index (χ0n) is 26.3. The van der Waals surface area contributed by atoms with E-state index in [1.165, 1.54) is 27.1 Å². The molecule has 5 aromatic rings. The van der Waals surface area contributed by atoms with Crippen LogP contribution in [0.1, 0.15) is 29.5 Å². The van der Waals surface area contributed by atoms with Gasteiger partial charge in [0.1, 0.15) is 24.7 Å². The highest BCUT2D eigenvalue weighted by atomic mass is 16.5. The number of fused-ring (bicyclic) bond motifs is 2. The molecule has 0 bridgehead atoms. The van der Waals surface area contributed by atoms with E-state index in [1.807, 2.05) is 6.07 Å². The number of hydrogen-bond donors (Lipinski definition) is 3. The Morgan fingerprint density at radius 3 is 1.60 bits per heavy atom. The van der Waals surface area contributed by atoms with Gasteiger partial charge in [0.15, 0.2) is 0 Å². The molecule has 0 atom stereocenters. The molecule has 5 aromatic carbocycles. The van der Waals surface area contributed by atoms with E-state index in [0.717, 1.165) is 94.4 Å². The summed E-state index contributed by atoms with van der Waals surface area (Å²) in [5, 5.41) is 15.7. The van der Waals surface area contributed by atoms with Gasteiger partial charge in [0, 0.05) is 38.8 Å². The fraction of sp³-hybridized carbons (Fsp3) is 0.333. The van der Waals surface area contributed by atoms with E-state index in [9.17, 15) is 0 Å². The maximum atomic E-state index is 6.43. The van der Waals surface area contributed by atoms with E-state index < -0.39 is 0 Å². The summed E-state index contributed by atoms with van der Waals surface area (Å²) in [6.07, 6.45) is 2.26. The van der Waals surface area contributed by atoms with Crippen molar-refractivity contribution in [3.63, 3.8) is 0 Å². The minimum Gasteiger partial charge on any atom is -0.489 e. The fourth-order valence-corrected chi connectivity index (χ4v) is 5.96. The lowest BCUT2D eigenvalue weighted by atomic mass is 10.1. The van der Waals surface area contributed by atoms with Crippen LogP contribution in [-0.4, -0.2) is 57.3 Å². The number of nitrogens with one attached hydrogen (secondary N) is 3. The molecule has 45 heavy (non-hydrogen) atoms. The summed E-state index contributed by atoms with van der Waals surface area (Å²) >= 11 is 0. The van der Waals surface area contributed by atoms with Gasteiger partial charge in [-0.15, -0.1) is 0 Å². The van der Waals surface area contributed by atoms with Crippen molar-refractivity contribution in [2.45, 2.75) is 32.6 Å². The summed E-state index contributed by atoms with van der Waals surface area (Å²) in [6.45, 7) is 10.1. The number of rotatable bonds is 8. The summed E-state index contributed by atoms with van der Waals surface area (Å²) in [6, 6.07) is 36.4. The molecule has 6 rings (SSSR count). The van der Waals surface area contributed by atoms with Crippen LogP contribution in [0.5, 0.6) is 11.5 Å². The van der Waals surface area contributed by atoms with Gasteiger partial charge in [-0.2, -0.15) is 0 Å². The lowest BCUT2D eigenvalue weighted by Crippen LogP contribution is -2.36. The quantitative estimate of drug-likeness (QED) is 0.188. The molecule has 0 radical (unpaired) electrons. The van der Waals surface area contributed by atoms with E-state index in [1.54, 1.807) is 0 Å². The molecule has 3 N–H and O–H groups in total. The van der Waals surface area contributed by atoms with E-state index >= 15 is 0 Å². The minimum absolute atomic E-state index is 0.507. The average Bonchev–Trinajstić information content (AvgIpc) is 3.08. The van der Waals surface area contributed by atoms with Crippen LogP contribution in [0.4, 0.5) is 0 Å². The van der Waals surface area contributed by atoms with Crippen LogP contribution in [0.25, 0.3) is 21.5 Å². The zero-order chi connectivity index (χ0) is 30.5. The third kappa shape index (κ3) is 9.52. The first-order valence-electron chi connectivity index (χ1n) is 16.5. The molecule has 6 heteroatoms. The van der Waals surface area contributed by atoms with Crippen molar-refractivity contribution in [1.82, 2.24) is 20.9 Å². The summed E-state index contributed by atoms with van der Waals surface area (Å²) < 4.78 is 12.9. The Balaban J connectivity index is 1.18. The van der Waals surface area contributed by atoms with Gasteiger partial charge in [0.25, 0.3) is 0 Å². The molecular weight excluding hydrogens is 556 g/mol. The maximum Gasteiger partial charge on any atom is 0.123 e. The summed E-state index contributed by atoms with van der Waals surface area (Å²) in [5.41, 5.74) is 3.51. The number of ether oxygens (including phenoxy) is 2. The van der Waals surface area contributed by atoms with Crippen molar-refractivity contribution in [1.29, 1.82) is 0 Å². The van der Waals surface area contributed by atoms with Gasteiger partial charge in [0.2, 0.25) is 0 Å². The van der Waals surface area contributed by atoms with Crippen LogP contribution in [0, 0.1) is 0 Å². The molecule has 1 heterocycles. The smallest absolute Gasteiger partial charge is 0.123 e. The lowest BCUT2D eigenvalue weighted by molar-refractivity contribution is 0.256. The number of benzene rings is 5. The molecule has 0 aromatic heterocycles. The molecule has 0 spiro atoms. The Morgan fingerprint density at radius 1 is 0.467 bits per heavy atom.